The molecule has 4 rings (SSSR count). The van der Waals surface area contributed by atoms with E-state index in [1.165, 1.54) is 10.7 Å². The Morgan fingerprint density at radius 1 is 1.25 bits per heavy atom. The fourth-order valence-corrected chi connectivity index (χ4v) is 3.22. The standard InChI is InChI=1S/C16H18FN7/c1-11-9-12(17)4-5-14(11)23-8-2-3-13(10-23)18-15-6-7-16-19-21-22-24(16)20-15/h4-7,9,13H,2-3,8,10H2,1H3,(H,18,20)/t13-/m0/s1. The number of anilines is 2. The summed E-state index contributed by atoms with van der Waals surface area (Å²) < 4.78 is 14.7. The van der Waals surface area contributed by atoms with Crippen LogP contribution < -0.4 is 10.2 Å². The number of hydrogen-bond acceptors (Lipinski definition) is 6. The summed E-state index contributed by atoms with van der Waals surface area (Å²) >= 11 is 0. The van der Waals surface area contributed by atoms with E-state index in [2.05, 4.69) is 30.8 Å². The number of tetrazole rings is 1. The van der Waals surface area contributed by atoms with Crippen molar-refractivity contribution in [2.75, 3.05) is 23.3 Å². The first-order valence-electron chi connectivity index (χ1n) is 8.02. The molecule has 7 nitrogen and oxygen atoms in total. The molecule has 1 aliphatic heterocycles. The lowest BCUT2D eigenvalue weighted by Crippen LogP contribution is -2.42. The van der Waals surface area contributed by atoms with Gasteiger partial charge >= 0.3 is 0 Å². The maximum atomic E-state index is 13.3. The van der Waals surface area contributed by atoms with Crippen molar-refractivity contribution in [2.45, 2.75) is 25.8 Å². The van der Waals surface area contributed by atoms with Crippen LogP contribution in [0.25, 0.3) is 5.65 Å². The van der Waals surface area contributed by atoms with Crippen molar-refractivity contribution in [2.24, 2.45) is 0 Å². The largest absolute Gasteiger partial charge is 0.369 e. The van der Waals surface area contributed by atoms with Crippen molar-refractivity contribution >= 4 is 17.2 Å². The van der Waals surface area contributed by atoms with Gasteiger partial charge in [-0.25, -0.2) is 4.39 Å². The molecule has 0 bridgehead atoms. The first-order valence-corrected chi connectivity index (χ1v) is 8.02. The number of hydrogen-bond donors (Lipinski definition) is 1. The maximum Gasteiger partial charge on any atom is 0.200 e. The Balaban J connectivity index is 1.50. The fourth-order valence-electron chi connectivity index (χ4n) is 3.22. The number of piperidine rings is 1. The summed E-state index contributed by atoms with van der Waals surface area (Å²) in [6.45, 7) is 3.77. The van der Waals surface area contributed by atoms with Crippen LogP contribution in [-0.4, -0.2) is 44.4 Å². The van der Waals surface area contributed by atoms with Gasteiger partial charge < -0.3 is 10.2 Å². The molecule has 0 amide bonds. The second-order valence-corrected chi connectivity index (χ2v) is 6.11. The summed E-state index contributed by atoms with van der Waals surface area (Å²) in [5, 5.41) is 19.1. The Labute approximate surface area is 138 Å². The summed E-state index contributed by atoms with van der Waals surface area (Å²) in [7, 11) is 0. The molecule has 0 spiro atoms. The third-order valence-corrected chi connectivity index (χ3v) is 4.34. The number of aromatic nitrogens is 5. The minimum atomic E-state index is -0.193. The van der Waals surface area contributed by atoms with Gasteiger partial charge in [-0.15, -0.1) is 14.8 Å². The lowest BCUT2D eigenvalue weighted by atomic mass is 10.0. The van der Waals surface area contributed by atoms with Gasteiger partial charge in [0.1, 0.15) is 11.6 Å². The number of fused-ring (bicyclic) bond motifs is 1. The van der Waals surface area contributed by atoms with Crippen LogP contribution in [0.2, 0.25) is 0 Å². The summed E-state index contributed by atoms with van der Waals surface area (Å²) in [5.41, 5.74) is 2.67. The van der Waals surface area contributed by atoms with Gasteiger partial charge in [-0.2, -0.15) is 0 Å². The molecule has 124 valence electrons. The van der Waals surface area contributed by atoms with Crippen LogP contribution in [0.1, 0.15) is 18.4 Å². The van der Waals surface area contributed by atoms with Gasteiger partial charge in [0, 0.05) is 24.8 Å². The third kappa shape index (κ3) is 2.86. The molecule has 1 saturated heterocycles. The normalized spacial score (nSPS) is 18.1. The smallest absolute Gasteiger partial charge is 0.200 e. The van der Waals surface area contributed by atoms with Crippen LogP contribution in [0.5, 0.6) is 0 Å². The van der Waals surface area contributed by atoms with E-state index in [0.29, 0.717) is 5.65 Å². The molecule has 3 aromatic rings. The molecular weight excluding hydrogens is 309 g/mol. The molecule has 0 saturated carbocycles. The van der Waals surface area contributed by atoms with E-state index in [4.69, 9.17) is 0 Å². The Morgan fingerprint density at radius 3 is 3.04 bits per heavy atom. The molecule has 2 aromatic heterocycles. The van der Waals surface area contributed by atoms with E-state index in [0.717, 1.165) is 43.0 Å². The summed E-state index contributed by atoms with van der Waals surface area (Å²) in [6.07, 6.45) is 2.13. The van der Waals surface area contributed by atoms with E-state index >= 15 is 0 Å². The van der Waals surface area contributed by atoms with Crippen molar-refractivity contribution in [3.8, 4) is 0 Å². The van der Waals surface area contributed by atoms with E-state index in [1.807, 2.05) is 25.1 Å². The molecule has 1 N–H and O–H groups in total. The van der Waals surface area contributed by atoms with Crippen molar-refractivity contribution in [3.05, 3.63) is 41.7 Å². The zero-order valence-electron chi connectivity index (χ0n) is 13.4. The van der Waals surface area contributed by atoms with E-state index in [9.17, 15) is 4.39 Å². The van der Waals surface area contributed by atoms with Crippen molar-refractivity contribution < 1.29 is 4.39 Å². The molecule has 1 aliphatic rings. The highest BCUT2D eigenvalue weighted by molar-refractivity contribution is 5.54. The van der Waals surface area contributed by atoms with Crippen LogP contribution in [0.15, 0.2) is 30.3 Å². The van der Waals surface area contributed by atoms with Gasteiger partial charge in [-0.05, 0) is 66.1 Å². The van der Waals surface area contributed by atoms with Crippen LogP contribution >= 0.6 is 0 Å². The molecule has 24 heavy (non-hydrogen) atoms. The summed E-state index contributed by atoms with van der Waals surface area (Å²) in [5.74, 6) is 0.555. The Hall–Kier alpha value is -2.77. The molecule has 1 atom stereocenters. The van der Waals surface area contributed by atoms with Crippen LogP contribution in [0.4, 0.5) is 15.9 Å². The average molecular weight is 327 g/mol. The number of halogens is 1. The number of nitrogens with zero attached hydrogens (tertiary/aromatic N) is 6. The van der Waals surface area contributed by atoms with Crippen LogP contribution in [-0.2, 0) is 0 Å². The number of aryl methyl sites for hydroxylation is 1. The third-order valence-electron chi connectivity index (χ3n) is 4.34. The number of benzene rings is 1. The lowest BCUT2D eigenvalue weighted by molar-refractivity contribution is 0.526. The Bertz CT molecular complexity index is 863. The predicted molar refractivity (Wildman–Crippen MR) is 88.6 cm³/mol. The van der Waals surface area contributed by atoms with Gasteiger partial charge in [0.15, 0.2) is 5.65 Å². The number of rotatable bonds is 3. The molecule has 3 heterocycles. The van der Waals surface area contributed by atoms with E-state index in [1.54, 1.807) is 6.07 Å². The minimum Gasteiger partial charge on any atom is -0.369 e. The molecule has 0 unspecified atom stereocenters. The van der Waals surface area contributed by atoms with Crippen molar-refractivity contribution in [1.29, 1.82) is 0 Å². The molecule has 8 heteroatoms. The summed E-state index contributed by atoms with van der Waals surface area (Å²) in [4.78, 5) is 2.30. The number of nitrogens with one attached hydrogen (secondary N) is 1. The first kappa shape index (κ1) is 14.8. The van der Waals surface area contributed by atoms with Crippen LogP contribution in [0, 0.1) is 12.7 Å². The average Bonchev–Trinajstić information content (AvgIpc) is 3.03. The zero-order chi connectivity index (χ0) is 16.5. The molecular formula is C16H18FN7. The van der Waals surface area contributed by atoms with Crippen LogP contribution in [0.3, 0.4) is 0 Å². The molecule has 1 fully saturated rings. The highest BCUT2D eigenvalue weighted by atomic mass is 19.1. The second-order valence-electron chi connectivity index (χ2n) is 6.11. The molecule has 0 radical (unpaired) electrons. The van der Waals surface area contributed by atoms with Gasteiger partial charge in [0.2, 0.25) is 0 Å². The monoisotopic (exact) mass is 327 g/mol. The molecule has 1 aromatic carbocycles. The topological polar surface area (TPSA) is 71.2 Å². The highest BCUT2D eigenvalue weighted by Crippen LogP contribution is 2.25. The van der Waals surface area contributed by atoms with Crippen molar-refractivity contribution in [3.63, 3.8) is 0 Å². The highest BCUT2D eigenvalue weighted by Gasteiger charge is 2.21. The molecule has 0 aliphatic carbocycles. The van der Waals surface area contributed by atoms with E-state index in [-0.39, 0.29) is 11.9 Å². The van der Waals surface area contributed by atoms with E-state index < -0.39 is 0 Å². The second kappa shape index (κ2) is 6.03. The van der Waals surface area contributed by atoms with Gasteiger partial charge in [0.25, 0.3) is 0 Å². The first-order chi connectivity index (χ1) is 11.7. The van der Waals surface area contributed by atoms with Gasteiger partial charge in [-0.3, -0.25) is 0 Å². The SMILES string of the molecule is Cc1cc(F)ccc1N1CCC[C@H](Nc2ccc3nnnn3n2)C1. The summed E-state index contributed by atoms with van der Waals surface area (Å²) in [6, 6.07) is 8.95. The fraction of sp³-hybridized carbons (Fsp3) is 0.375. The van der Waals surface area contributed by atoms with Gasteiger partial charge in [0.05, 0.1) is 0 Å². The van der Waals surface area contributed by atoms with Gasteiger partial charge in [-0.1, -0.05) is 0 Å². The maximum absolute atomic E-state index is 13.3. The zero-order valence-corrected chi connectivity index (χ0v) is 13.4. The lowest BCUT2D eigenvalue weighted by Gasteiger charge is -2.35. The quantitative estimate of drug-likeness (QED) is 0.794. The predicted octanol–water partition coefficient (Wildman–Crippen LogP) is 2.05. The Morgan fingerprint density at radius 2 is 2.17 bits per heavy atom. The van der Waals surface area contributed by atoms with Crippen molar-refractivity contribution in [1.82, 2.24) is 25.3 Å². The Kier molecular flexibility index (Phi) is 3.72. The minimum absolute atomic E-state index is 0.193.